The Bertz CT molecular complexity index is 1390. The second-order valence-corrected chi connectivity index (χ2v) is 8.11. The predicted molar refractivity (Wildman–Crippen MR) is 128 cm³/mol. The summed E-state index contributed by atoms with van der Waals surface area (Å²) >= 11 is 0. The first-order chi connectivity index (χ1) is 15.8. The molecule has 0 amide bonds. The number of aromatic nitrogens is 1. The number of halogens is 1. The van der Waals surface area contributed by atoms with Crippen LogP contribution >= 0.6 is 0 Å². The van der Waals surface area contributed by atoms with Crippen molar-refractivity contribution in [1.82, 2.24) is 4.57 Å². The van der Waals surface area contributed by atoms with Gasteiger partial charge in [0.15, 0.2) is 6.21 Å². The Morgan fingerprint density at radius 3 is 2.42 bits per heavy atom. The molecule has 0 spiro atoms. The molecule has 7 heteroatoms. The van der Waals surface area contributed by atoms with Crippen molar-refractivity contribution in [2.75, 3.05) is 12.8 Å². The third kappa shape index (κ3) is 3.71. The van der Waals surface area contributed by atoms with E-state index in [0.717, 1.165) is 27.8 Å². The summed E-state index contributed by atoms with van der Waals surface area (Å²) in [6.45, 7) is 4.11. The number of carboxylic acids is 1. The predicted octanol–water partition coefficient (Wildman–Crippen LogP) is 4.03. The molecule has 0 unspecified atom stereocenters. The molecule has 1 aromatic heterocycles. The second kappa shape index (κ2) is 8.43. The van der Waals surface area contributed by atoms with Gasteiger partial charge in [0, 0.05) is 28.0 Å². The summed E-state index contributed by atoms with van der Waals surface area (Å²) in [6.07, 6.45) is 1.45. The lowest BCUT2D eigenvalue weighted by Crippen LogP contribution is -2.30. The van der Waals surface area contributed by atoms with Crippen LogP contribution in [0.5, 0.6) is 5.75 Å². The smallest absolute Gasteiger partial charge is 0.339 e. The Morgan fingerprint density at radius 2 is 1.85 bits per heavy atom. The van der Waals surface area contributed by atoms with E-state index in [-0.39, 0.29) is 23.0 Å². The highest BCUT2D eigenvalue weighted by molar-refractivity contribution is 6.05. The molecule has 5 N–H and O–H groups in total. The van der Waals surface area contributed by atoms with Gasteiger partial charge in [-0.25, -0.2) is 9.18 Å². The number of anilines is 1. The van der Waals surface area contributed by atoms with Crippen LogP contribution in [0.15, 0.2) is 54.6 Å². The van der Waals surface area contributed by atoms with Crippen molar-refractivity contribution >= 4 is 28.8 Å². The van der Waals surface area contributed by atoms with Crippen LogP contribution < -0.4 is 15.9 Å². The highest BCUT2D eigenvalue weighted by atomic mass is 19.1. The minimum absolute atomic E-state index is 0.0411. The lowest BCUT2D eigenvalue weighted by atomic mass is 9.94. The molecule has 168 valence electrons. The van der Waals surface area contributed by atoms with E-state index in [2.05, 4.69) is 13.8 Å². The van der Waals surface area contributed by atoms with Crippen molar-refractivity contribution in [2.24, 2.45) is 0 Å². The van der Waals surface area contributed by atoms with Crippen molar-refractivity contribution in [3.63, 3.8) is 0 Å². The fraction of sp³-hybridized carbons (Fsp3) is 0.154. The van der Waals surface area contributed by atoms with E-state index < -0.39 is 5.97 Å². The summed E-state index contributed by atoms with van der Waals surface area (Å²) in [6, 6.07) is 15.1. The third-order valence-corrected chi connectivity index (χ3v) is 5.74. The number of carboxylic acid groups (broad SMARTS) is 1. The average Bonchev–Trinajstić information content (AvgIpc) is 3.12. The highest BCUT2D eigenvalue weighted by Crippen LogP contribution is 2.42. The van der Waals surface area contributed by atoms with Gasteiger partial charge in [-0.05, 0) is 60.0 Å². The molecule has 0 saturated heterocycles. The largest absolute Gasteiger partial charge is 0.496 e. The maximum atomic E-state index is 13.7. The van der Waals surface area contributed by atoms with E-state index in [1.54, 1.807) is 24.3 Å². The summed E-state index contributed by atoms with van der Waals surface area (Å²) < 4.78 is 21.0. The van der Waals surface area contributed by atoms with E-state index in [9.17, 15) is 14.3 Å². The molecule has 4 rings (SSSR count). The Morgan fingerprint density at radius 1 is 1.15 bits per heavy atom. The number of rotatable bonds is 6. The number of nitrogen functional groups attached to an aromatic ring is 1. The minimum Gasteiger partial charge on any atom is -0.496 e. The summed E-state index contributed by atoms with van der Waals surface area (Å²) in [7, 11) is 1.44. The Balaban J connectivity index is 2.17. The number of ether oxygens (including phenoxy) is 1. The van der Waals surface area contributed by atoms with E-state index in [4.69, 9.17) is 15.9 Å². The second-order valence-electron chi connectivity index (χ2n) is 8.11. The van der Waals surface area contributed by atoms with Gasteiger partial charge in [-0.15, -0.1) is 0 Å². The number of nitrogens with zero attached hydrogens (tertiary/aromatic N) is 1. The third-order valence-electron chi connectivity index (χ3n) is 5.74. The number of aromatic carboxylic acids is 1. The van der Waals surface area contributed by atoms with Crippen molar-refractivity contribution in [3.8, 4) is 22.6 Å². The number of benzene rings is 3. The van der Waals surface area contributed by atoms with Crippen LogP contribution in [0.3, 0.4) is 0 Å². The first-order valence-corrected chi connectivity index (χ1v) is 10.5. The molecule has 0 aliphatic heterocycles. The quantitative estimate of drug-likeness (QED) is 0.307. The van der Waals surface area contributed by atoms with Crippen molar-refractivity contribution in [2.45, 2.75) is 19.8 Å². The zero-order chi connectivity index (χ0) is 23.9. The molecule has 33 heavy (non-hydrogen) atoms. The SMILES string of the molecule is COc1ccc(-c2c(C(C)C)n(-c3ccc(F)cc3)c3cc(C=[NH2+])c(N)cc23)cc1C(=O)O. The summed E-state index contributed by atoms with van der Waals surface area (Å²) in [5.74, 6) is -1.09. The Hall–Kier alpha value is -4.13. The van der Waals surface area contributed by atoms with Gasteiger partial charge < -0.3 is 20.1 Å². The van der Waals surface area contributed by atoms with E-state index in [1.807, 2.05) is 22.8 Å². The van der Waals surface area contributed by atoms with Gasteiger partial charge in [-0.3, -0.25) is 5.41 Å². The lowest BCUT2D eigenvalue weighted by molar-refractivity contribution is -0.104. The molecule has 0 aliphatic rings. The van der Waals surface area contributed by atoms with Gasteiger partial charge >= 0.3 is 5.97 Å². The van der Waals surface area contributed by atoms with Gasteiger partial charge in [0.25, 0.3) is 0 Å². The molecule has 3 aromatic carbocycles. The maximum absolute atomic E-state index is 13.7. The van der Waals surface area contributed by atoms with Crippen LogP contribution in [0.1, 0.15) is 41.4 Å². The topological polar surface area (TPSA) is 103 Å². The number of fused-ring (bicyclic) bond motifs is 1. The van der Waals surface area contributed by atoms with Gasteiger partial charge in [-0.1, -0.05) is 19.9 Å². The van der Waals surface area contributed by atoms with Gasteiger partial charge in [0.2, 0.25) is 0 Å². The summed E-state index contributed by atoms with van der Waals surface area (Å²) in [5, 5.41) is 16.4. The highest BCUT2D eigenvalue weighted by Gasteiger charge is 2.24. The van der Waals surface area contributed by atoms with Crippen molar-refractivity contribution in [1.29, 1.82) is 0 Å². The normalized spacial score (nSPS) is 11.2. The van der Waals surface area contributed by atoms with E-state index in [0.29, 0.717) is 16.8 Å². The van der Waals surface area contributed by atoms with E-state index in [1.165, 1.54) is 25.5 Å². The first kappa shape index (κ1) is 22.1. The molecular weight excluding hydrogens is 421 g/mol. The zero-order valence-corrected chi connectivity index (χ0v) is 18.6. The number of carbonyl (C=O) groups is 1. The van der Waals surface area contributed by atoms with Crippen LogP contribution in [0.25, 0.3) is 27.7 Å². The van der Waals surface area contributed by atoms with Gasteiger partial charge in [0.1, 0.15) is 17.1 Å². The monoisotopic (exact) mass is 446 g/mol. The lowest BCUT2D eigenvalue weighted by Gasteiger charge is -2.16. The molecule has 0 radical (unpaired) electrons. The molecule has 0 bridgehead atoms. The maximum Gasteiger partial charge on any atom is 0.339 e. The van der Waals surface area contributed by atoms with Crippen molar-refractivity contribution < 1.29 is 24.4 Å². The molecule has 0 saturated carbocycles. The van der Waals surface area contributed by atoms with Gasteiger partial charge in [0.05, 0.1) is 18.2 Å². The summed E-state index contributed by atoms with van der Waals surface area (Å²) in [5.41, 5.74) is 11.6. The van der Waals surface area contributed by atoms with Gasteiger partial charge in [-0.2, -0.15) is 0 Å². The molecule has 0 atom stereocenters. The number of methoxy groups -OCH3 is 1. The van der Waals surface area contributed by atoms with Crippen LogP contribution in [0.2, 0.25) is 0 Å². The standard InChI is InChI=1S/C26H24FN3O3/c1-14(2)25-24(15-4-9-23(33-3)20(10-15)26(31)32)19-12-21(29)16(13-28)11-22(19)30(25)18-7-5-17(27)6-8-18/h4-14,28H,29H2,1-3H3,(H,31,32)/p+1. The van der Waals surface area contributed by atoms with Crippen LogP contribution in [-0.4, -0.2) is 29.0 Å². The molecule has 0 aliphatic carbocycles. The zero-order valence-electron chi connectivity index (χ0n) is 18.6. The molecular formula is C26H25FN3O3+. The summed E-state index contributed by atoms with van der Waals surface area (Å²) in [4.78, 5) is 11.9. The molecule has 4 aromatic rings. The van der Waals surface area contributed by atoms with Crippen LogP contribution in [0.4, 0.5) is 10.1 Å². The fourth-order valence-corrected chi connectivity index (χ4v) is 4.28. The molecule has 0 fully saturated rings. The molecule has 1 heterocycles. The van der Waals surface area contributed by atoms with Crippen LogP contribution in [0, 0.1) is 5.82 Å². The number of hydrogen-bond acceptors (Lipinski definition) is 3. The fourth-order valence-electron chi connectivity index (χ4n) is 4.28. The van der Waals surface area contributed by atoms with E-state index >= 15 is 0 Å². The number of hydrogen-bond donors (Lipinski definition) is 3. The minimum atomic E-state index is -1.08. The number of nitrogens with two attached hydrogens (primary N) is 2. The average molecular weight is 447 g/mol. The first-order valence-electron chi connectivity index (χ1n) is 10.5. The van der Waals surface area contributed by atoms with Crippen LogP contribution in [-0.2, 0) is 0 Å². The Labute approximate surface area is 190 Å². The molecule has 6 nitrogen and oxygen atoms in total. The Kier molecular flexibility index (Phi) is 5.64. The van der Waals surface area contributed by atoms with Crippen molar-refractivity contribution in [3.05, 3.63) is 77.2 Å².